The summed E-state index contributed by atoms with van der Waals surface area (Å²) in [4.78, 5) is 12.0. The maximum atomic E-state index is 12.8. The van der Waals surface area contributed by atoms with Crippen LogP contribution in [0.25, 0.3) is 0 Å². The number of carbonyl (C=O) groups is 1. The lowest BCUT2D eigenvalue weighted by molar-refractivity contribution is -0.138. The number of hydrogen-bond donors (Lipinski definition) is 1. The average molecular weight is 427 g/mol. The lowest BCUT2D eigenvalue weighted by atomic mass is 9.97. The van der Waals surface area contributed by atoms with Crippen molar-refractivity contribution >= 4 is 35.9 Å². The zero-order valence-electron chi connectivity index (χ0n) is 11.9. The third-order valence-corrected chi connectivity index (χ3v) is 3.08. The summed E-state index contributed by atoms with van der Waals surface area (Å²) in [6.45, 7) is 4.33. The number of amides is 1. The molecule has 0 aliphatic rings. The number of nitrogens with zero attached hydrogens (tertiary/aromatic N) is 2. The Morgan fingerprint density at radius 2 is 1.77 bits per heavy atom. The molecule has 1 aromatic carbocycles. The standard InChI is InChI=1S/C13H12F3N3O2.HI/c1-6-7(2)10(13(14,15)16)5-4-9(6)11(20)17-12-19-18-8(3)21-12;/h4-5H,1-3H3,(H,17,19,20);1H. The third-order valence-electron chi connectivity index (χ3n) is 3.08. The molecule has 1 amide bonds. The number of aryl methyl sites for hydroxylation is 1. The molecule has 2 rings (SSSR count). The van der Waals surface area contributed by atoms with Crippen molar-refractivity contribution < 1.29 is 22.4 Å². The Bertz CT molecular complexity index is 698. The first kappa shape index (κ1) is 18.4. The number of alkyl halides is 3. The molecule has 5 nitrogen and oxygen atoms in total. The molecule has 22 heavy (non-hydrogen) atoms. The minimum absolute atomic E-state index is 0. The van der Waals surface area contributed by atoms with E-state index in [2.05, 4.69) is 15.5 Å². The molecule has 0 radical (unpaired) electrons. The van der Waals surface area contributed by atoms with Crippen molar-refractivity contribution in [1.82, 2.24) is 10.2 Å². The van der Waals surface area contributed by atoms with Crippen molar-refractivity contribution in [2.75, 3.05) is 5.32 Å². The zero-order chi connectivity index (χ0) is 15.8. The van der Waals surface area contributed by atoms with E-state index in [9.17, 15) is 18.0 Å². The number of nitrogens with one attached hydrogen (secondary N) is 1. The predicted molar refractivity (Wildman–Crippen MR) is 83.3 cm³/mol. The van der Waals surface area contributed by atoms with Crippen molar-refractivity contribution in [2.45, 2.75) is 26.9 Å². The van der Waals surface area contributed by atoms with Crippen LogP contribution in [0, 0.1) is 20.8 Å². The highest BCUT2D eigenvalue weighted by Crippen LogP contribution is 2.34. The molecule has 0 fully saturated rings. The van der Waals surface area contributed by atoms with Crippen LogP contribution in [-0.4, -0.2) is 16.1 Å². The van der Waals surface area contributed by atoms with Gasteiger partial charge in [-0.25, -0.2) is 0 Å². The minimum atomic E-state index is -4.45. The van der Waals surface area contributed by atoms with Crippen LogP contribution in [0.3, 0.4) is 0 Å². The minimum Gasteiger partial charge on any atom is -0.408 e. The van der Waals surface area contributed by atoms with Gasteiger partial charge in [0.15, 0.2) is 0 Å². The first-order chi connectivity index (χ1) is 9.70. The molecule has 0 saturated heterocycles. The molecule has 0 saturated carbocycles. The fraction of sp³-hybridized carbons (Fsp3) is 0.308. The highest BCUT2D eigenvalue weighted by molar-refractivity contribution is 14.0. The van der Waals surface area contributed by atoms with Crippen molar-refractivity contribution in [3.63, 3.8) is 0 Å². The first-order valence-corrected chi connectivity index (χ1v) is 5.99. The van der Waals surface area contributed by atoms with E-state index < -0.39 is 17.6 Å². The van der Waals surface area contributed by atoms with E-state index in [1.165, 1.54) is 13.8 Å². The van der Waals surface area contributed by atoms with Crippen LogP contribution in [0.15, 0.2) is 16.5 Å². The molecule has 1 aromatic heterocycles. The van der Waals surface area contributed by atoms with Crippen LogP contribution >= 0.6 is 24.0 Å². The van der Waals surface area contributed by atoms with Gasteiger partial charge >= 0.3 is 12.2 Å². The summed E-state index contributed by atoms with van der Waals surface area (Å²) in [6, 6.07) is 1.91. The van der Waals surface area contributed by atoms with Crippen LogP contribution < -0.4 is 5.32 Å². The Hall–Kier alpha value is -1.65. The summed E-state index contributed by atoms with van der Waals surface area (Å²) in [5, 5.41) is 9.48. The van der Waals surface area contributed by atoms with Gasteiger partial charge in [0, 0.05) is 12.5 Å². The number of anilines is 1. The van der Waals surface area contributed by atoms with Gasteiger partial charge in [-0.2, -0.15) is 13.2 Å². The second-order valence-electron chi connectivity index (χ2n) is 4.49. The normalized spacial score (nSPS) is 11.0. The lowest BCUT2D eigenvalue weighted by Crippen LogP contribution is -2.16. The molecule has 0 atom stereocenters. The largest absolute Gasteiger partial charge is 0.416 e. The number of carbonyl (C=O) groups excluding carboxylic acids is 1. The molecule has 1 heterocycles. The number of benzene rings is 1. The van der Waals surface area contributed by atoms with Gasteiger partial charge in [-0.1, -0.05) is 5.10 Å². The summed E-state index contributed by atoms with van der Waals surface area (Å²) >= 11 is 0. The third kappa shape index (κ3) is 3.76. The van der Waals surface area contributed by atoms with Gasteiger partial charge < -0.3 is 4.42 Å². The predicted octanol–water partition coefficient (Wildman–Crippen LogP) is 3.88. The van der Waals surface area contributed by atoms with Crippen LogP contribution in [0.5, 0.6) is 0 Å². The lowest BCUT2D eigenvalue weighted by Gasteiger charge is -2.14. The van der Waals surface area contributed by atoms with Crippen LogP contribution in [0.2, 0.25) is 0 Å². The van der Waals surface area contributed by atoms with Gasteiger partial charge in [0.1, 0.15) is 0 Å². The van der Waals surface area contributed by atoms with E-state index in [0.717, 1.165) is 12.1 Å². The van der Waals surface area contributed by atoms with Gasteiger partial charge in [-0.05, 0) is 37.1 Å². The maximum Gasteiger partial charge on any atom is 0.416 e. The molecular formula is C13H13F3IN3O2. The molecule has 2 aromatic rings. The van der Waals surface area contributed by atoms with Gasteiger partial charge in [0.05, 0.1) is 5.56 Å². The van der Waals surface area contributed by atoms with Crippen LogP contribution in [0.4, 0.5) is 19.2 Å². The summed E-state index contributed by atoms with van der Waals surface area (Å²) in [5.74, 6) is -0.335. The average Bonchev–Trinajstić information content (AvgIpc) is 2.76. The second-order valence-corrected chi connectivity index (χ2v) is 4.49. The second kappa shape index (κ2) is 6.63. The number of rotatable bonds is 2. The van der Waals surface area contributed by atoms with Crippen molar-refractivity contribution in [3.05, 3.63) is 40.3 Å². The molecular weight excluding hydrogens is 414 g/mol. The maximum absolute atomic E-state index is 12.8. The van der Waals surface area contributed by atoms with Gasteiger partial charge in [0.25, 0.3) is 5.91 Å². The van der Waals surface area contributed by atoms with E-state index in [0.29, 0.717) is 0 Å². The summed E-state index contributed by atoms with van der Waals surface area (Å²) in [6.07, 6.45) is -4.45. The fourth-order valence-electron chi connectivity index (χ4n) is 1.89. The van der Waals surface area contributed by atoms with Crippen molar-refractivity contribution in [1.29, 1.82) is 0 Å². The molecule has 9 heteroatoms. The molecule has 1 N–H and O–H groups in total. The number of halogens is 4. The fourth-order valence-corrected chi connectivity index (χ4v) is 1.89. The van der Waals surface area contributed by atoms with Gasteiger partial charge in [-0.3, -0.25) is 10.1 Å². The topological polar surface area (TPSA) is 68.0 Å². The van der Waals surface area contributed by atoms with Crippen LogP contribution in [-0.2, 0) is 6.18 Å². The summed E-state index contributed by atoms with van der Waals surface area (Å²) in [5.41, 5.74) is -0.378. The van der Waals surface area contributed by atoms with Crippen molar-refractivity contribution in [3.8, 4) is 0 Å². The monoisotopic (exact) mass is 427 g/mol. The van der Waals surface area contributed by atoms with Gasteiger partial charge in [0.2, 0.25) is 5.89 Å². The van der Waals surface area contributed by atoms with Gasteiger partial charge in [-0.15, -0.1) is 29.1 Å². The molecule has 0 bridgehead atoms. The zero-order valence-corrected chi connectivity index (χ0v) is 14.2. The number of aromatic nitrogens is 2. The molecule has 120 valence electrons. The Morgan fingerprint density at radius 1 is 1.14 bits per heavy atom. The Morgan fingerprint density at radius 3 is 2.27 bits per heavy atom. The molecule has 0 unspecified atom stereocenters. The van der Waals surface area contributed by atoms with E-state index in [-0.39, 0.29) is 52.6 Å². The van der Waals surface area contributed by atoms with Crippen LogP contribution in [0.1, 0.15) is 32.9 Å². The van der Waals surface area contributed by atoms with E-state index in [1.54, 1.807) is 6.92 Å². The quantitative estimate of drug-likeness (QED) is 0.739. The Kier molecular flexibility index (Phi) is 5.54. The summed E-state index contributed by atoms with van der Waals surface area (Å²) < 4.78 is 43.3. The number of hydrogen-bond acceptors (Lipinski definition) is 4. The summed E-state index contributed by atoms with van der Waals surface area (Å²) in [7, 11) is 0. The smallest absolute Gasteiger partial charge is 0.408 e. The molecule has 0 aliphatic carbocycles. The molecule has 0 aliphatic heterocycles. The van der Waals surface area contributed by atoms with E-state index >= 15 is 0 Å². The Balaban J connectivity index is 0.00000242. The van der Waals surface area contributed by atoms with E-state index in [4.69, 9.17) is 4.42 Å². The highest BCUT2D eigenvalue weighted by atomic mass is 127. The highest BCUT2D eigenvalue weighted by Gasteiger charge is 2.33. The Labute approximate surface area is 141 Å². The molecule has 0 spiro atoms. The SMILES string of the molecule is Cc1nnc(NC(=O)c2ccc(C(F)(F)F)c(C)c2C)o1.I. The van der Waals surface area contributed by atoms with E-state index in [1.807, 2.05) is 0 Å². The van der Waals surface area contributed by atoms with Crippen molar-refractivity contribution in [2.24, 2.45) is 0 Å². The first-order valence-electron chi connectivity index (χ1n) is 5.99.